The molecule has 2 bridgehead atoms. The van der Waals surface area contributed by atoms with Gasteiger partial charge in [-0.1, -0.05) is 71.1 Å². The molecule has 1 saturated carbocycles. The summed E-state index contributed by atoms with van der Waals surface area (Å²) in [6, 6.07) is -1.14. The highest BCUT2D eigenvalue weighted by molar-refractivity contribution is 6.39. The van der Waals surface area contributed by atoms with E-state index >= 15 is 0 Å². The van der Waals surface area contributed by atoms with Gasteiger partial charge in [0.2, 0.25) is 5.79 Å². The van der Waals surface area contributed by atoms with Crippen molar-refractivity contribution in [3.8, 4) is 0 Å². The molecule has 3 heterocycles. The second-order valence-electron chi connectivity index (χ2n) is 20.2. The van der Waals surface area contributed by atoms with Crippen LogP contribution in [0.2, 0.25) is 0 Å². The molecular weight excluding hydrogens is 875 g/mol. The number of carbonyl (C=O) groups excluding carboxylic acids is 5. The number of nitrogens with zero attached hydrogens (tertiary/aromatic N) is 1. The molecule has 15 atom stereocenters. The molecule has 0 aromatic rings. The Hall–Kier alpha value is -3.41. The van der Waals surface area contributed by atoms with Crippen LogP contribution in [0.4, 0.5) is 0 Å². The molecule has 1 amide bonds. The van der Waals surface area contributed by atoms with E-state index in [1.807, 2.05) is 58.1 Å². The number of hydrogen-bond acceptors (Lipinski definition) is 14. The standard InChI is InChI=1S/C53H83NO14/c1-32-16-12-11-13-17-33(2)44(63-8)30-40-21-19-38(7)53(62,68-40)50(59)51(60)54-23-15-14-18-41(54)52(61)67-45(35(4)28-39-20-22-43(66-25-24-55)46(29-39)64-9)31-42(56)34(3)27-37(6)48(58)49(65-10)47(57)36(5)26-32/h11-13,16-17,27,32,34-36,38-41,43-46,48-49,55,58,62H,14-15,18-26,28-31H2,1-10H3/b13-11?,16-12+,33-17?,37-27+. The van der Waals surface area contributed by atoms with E-state index in [-0.39, 0.29) is 74.1 Å². The lowest BCUT2D eigenvalue weighted by atomic mass is 9.78. The van der Waals surface area contributed by atoms with Gasteiger partial charge in [0.1, 0.15) is 30.1 Å². The van der Waals surface area contributed by atoms with Crippen molar-refractivity contribution in [2.24, 2.45) is 35.5 Å². The van der Waals surface area contributed by atoms with Crippen molar-refractivity contribution >= 4 is 29.2 Å². The number of cyclic esters (lactones) is 1. The van der Waals surface area contributed by atoms with E-state index in [0.717, 1.165) is 12.0 Å². The van der Waals surface area contributed by atoms with E-state index in [0.29, 0.717) is 63.4 Å². The van der Waals surface area contributed by atoms with Crippen LogP contribution in [0.15, 0.2) is 47.6 Å². The maximum absolute atomic E-state index is 14.5. The first-order chi connectivity index (χ1) is 32.3. The Bertz CT molecular complexity index is 1810. The van der Waals surface area contributed by atoms with Gasteiger partial charge in [-0.25, -0.2) is 4.79 Å². The molecule has 0 radical (unpaired) electrons. The van der Waals surface area contributed by atoms with Gasteiger partial charge < -0.3 is 48.6 Å². The van der Waals surface area contributed by atoms with Gasteiger partial charge in [0, 0.05) is 58.5 Å². The summed E-state index contributed by atoms with van der Waals surface area (Å²) in [6.45, 7) is 12.9. The number of Topliss-reactive ketones (excluding diaryl/α,β-unsaturated/α-hetero) is 3. The van der Waals surface area contributed by atoms with E-state index in [4.69, 9.17) is 28.4 Å². The maximum Gasteiger partial charge on any atom is 0.329 e. The van der Waals surface area contributed by atoms with E-state index in [9.17, 15) is 39.3 Å². The Labute approximate surface area is 405 Å². The monoisotopic (exact) mass is 958 g/mol. The molecule has 15 unspecified atom stereocenters. The summed E-state index contributed by atoms with van der Waals surface area (Å²) < 4.78 is 35.6. The Balaban J connectivity index is 1.70. The third-order valence-corrected chi connectivity index (χ3v) is 14.9. The number of hydrogen-bond donors (Lipinski definition) is 3. The predicted octanol–water partition coefficient (Wildman–Crippen LogP) is 6.20. The molecule has 68 heavy (non-hydrogen) atoms. The van der Waals surface area contributed by atoms with E-state index < -0.39 is 77.8 Å². The molecule has 4 aliphatic rings. The van der Waals surface area contributed by atoms with Crippen molar-refractivity contribution in [1.82, 2.24) is 4.90 Å². The fraction of sp³-hybridized carbons (Fsp3) is 0.755. The van der Waals surface area contributed by atoms with E-state index in [1.165, 1.54) is 12.0 Å². The summed E-state index contributed by atoms with van der Waals surface area (Å²) in [7, 11) is 4.58. The van der Waals surface area contributed by atoms with Gasteiger partial charge in [-0.2, -0.15) is 0 Å². The molecule has 0 aromatic carbocycles. The number of fused-ring (bicyclic) bond motifs is 3. The summed E-state index contributed by atoms with van der Waals surface area (Å²) in [4.78, 5) is 72.1. The molecule has 384 valence electrons. The number of aliphatic hydroxyl groups excluding tert-OH is 2. The summed E-state index contributed by atoms with van der Waals surface area (Å²) in [5, 5.41) is 32.8. The number of allylic oxidation sites excluding steroid dienone is 6. The summed E-state index contributed by atoms with van der Waals surface area (Å²) in [5.41, 5.74) is 1.26. The Morgan fingerprint density at radius 1 is 0.853 bits per heavy atom. The number of aliphatic hydroxyl groups is 3. The number of ether oxygens (including phenoxy) is 6. The minimum atomic E-state index is -2.43. The quantitative estimate of drug-likeness (QED) is 0.134. The van der Waals surface area contributed by atoms with Crippen LogP contribution in [0.5, 0.6) is 0 Å². The zero-order chi connectivity index (χ0) is 50.3. The smallest absolute Gasteiger partial charge is 0.329 e. The fourth-order valence-electron chi connectivity index (χ4n) is 10.5. The van der Waals surface area contributed by atoms with Crippen LogP contribution in [0.25, 0.3) is 0 Å². The van der Waals surface area contributed by atoms with Crippen LogP contribution in [0.3, 0.4) is 0 Å². The zero-order valence-corrected chi connectivity index (χ0v) is 42.4. The topological polar surface area (TPSA) is 205 Å². The highest BCUT2D eigenvalue weighted by Gasteiger charge is 2.53. The lowest BCUT2D eigenvalue weighted by molar-refractivity contribution is -0.265. The lowest BCUT2D eigenvalue weighted by Crippen LogP contribution is -2.61. The van der Waals surface area contributed by atoms with Crippen molar-refractivity contribution in [1.29, 1.82) is 0 Å². The first kappa shape index (κ1) is 57.2. The van der Waals surface area contributed by atoms with Crippen molar-refractivity contribution in [2.45, 2.75) is 180 Å². The third-order valence-electron chi connectivity index (χ3n) is 14.9. The normalized spacial score (nSPS) is 37.9. The number of piperidine rings is 1. The minimum Gasteiger partial charge on any atom is -0.460 e. The second kappa shape index (κ2) is 27.3. The number of amides is 1. The molecule has 15 heteroatoms. The number of ketones is 3. The van der Waals surface area contributed by atoms with Gasteiger partial charge in [0.25, 0.3) is 11.7 Å². The average Bonchev–Trinajstić information content (AvgIpc) is 3.32. The number of carbonyl (C=O) groups is 5. The summed E-state index contributed by atoms with van der Waals surface area (Å²) in [5.74, 6) is -7.96. The summed E-state index contributed by atoms with van der Waals surface area (Å²) >= 11 is 0. The molecule has 0 aromatic heterocycles. The van der Waals surface area contributed by atoms with Crippen LogP contribution in [-0.4, -0.2) is 145 Å². The fourth-order valence-corrected chi connectivity index (χ4v) is 10.5. The van der Waals surface area contributed by atoms with Crippen LogP contribution in [0.1, 0.15) is 126 Å². The number of rotatable bonds is 9. The van der Waals surface area contributed by atoms with Gasteiger partial charge in [0.05, 0.1) is 37.6 Å². The predicted molar refractivity (Wildman–Crippen MR) is 256 cm³/mol. The number of esters is 1. The molecule has 3 N–H and O–H groups in total. The van der Waals surface area contributed by atoms with Crippen LogP contribution in [0, 0.1) is 35.5 Å². The Kier molecular flexibility index (Phi) is 22.9. The second-order valence-corrected chi connectivity index (χ2v) is 20.2. The van der Waals surface area contributed by atoms with Gasteiger partial charge in [-0.05, 0) is 107 Å². The average molecular weight is 958 g/mol. The van der Waals surface area contributed by atoms with Gasteiger partial charge in [-0.15, -0.1) is 0 Å². The number of methoxy groups -OCH3 is 3. The first-order valence-corrected chi connectivity index (χ1v) is 25.0. The summed E-state index contributed by atoms with van der Waals surface area (Å²) in [6.07, 6.45) is 12.0. The molecule has 3 fully saturated rings. The molecule has 1 aliphatic carbocycles. The maximum atomic E-state index is 14.5. The van der Waals surface area contributed by atoms with Crippen LogP contribution in [-0.2, 0) is 52.4 Å². The molecule has 0 spiro atoms. The minimum absolute atomic E-state index is 0.0158. The Morgan fingerprint density at radius 3 is 2.26 bits per heavy atom. The van der Waals surface area contributed by atoms with Crippen molar-refractivity contribution < 1.29 is 67.7 Å². The Morgan fingerprint density at radius 2 is 1.59 bits per heavy atom. The SMILES string of the molecule is COC1CC2CCC(C)C(O)(O2)C(=O)C(=O)N2CCCCC2C(=O)OC(C(C)CC2CCC(OCCO)C(OC)C2)CC(=O)C(C)/C=C(\C)C(O)C(OC)C(=O)C(C)CC(C)/C=C/C=CC=C1C. The third kappa shape index (κ3) is 15.3. The van der Waals surface area contributed by atoms with Crippen LogP contribution < -0.4 is 0 Å². The van der Waals surface area contributed by atoms with Crippen molar-refractivity contribution in [2.75, 3.05) is 41.1 Å². The van der Waals surface area contributed by atoms with Gasteiger partial charge >= 0.3 is 5.97 Å². The molecule has 3 aliphatic heterocycles. The molecule has 15 nitrogen and oxygen atoms in total. The highest BCUT2D eigenvalue weighted by atomic mass is 16.6. The van der Waals surface area contributed by atoms with Crippen molar-refractivity contribution in [3.05, 3.63) is 47.6 Å². The zero-order valence-electron chi connectivity index (χ0n) is 42.4. The van der Waals surface area contributed by atoms with Crippen molar-refractivity contribution in [3.63, 3.8) is 0 Å². The van der Waals surface area contributed by atoms with Crippen LogP contribution >= 0.6 is 0 Å². The van der Waals surface area contributed by atoms with Gasteiger partial charge in [0.15, 0.2) is 5.78 Å². The largest absolute Gasteiger partial charge is 0.460 e. The first-order valence-electron chi connectivity index (χ1n) is 25.0. The lowest BCUT2D eigenvalue weighted by Gasteiger charge is -2.42. The molecule has 4 rings (SSSR count). The highest BCUT2D eigenvalue weighted by Crippen LogP contribution is 2.38. The van der Waals surface area contributed by atoms with E-state index in [2.05, 4.69) is 0 Å². The van der Waals surface area contributed by atoms with E-state index in [1.54, 1.807) is 41.1 Å². The van der Waals surface area contributed by atoms with Gasteiger partial charge in [-0.3, -0.25) is 19.2 Å². The molecule has 2 saturated heterocycles. The molecular formula is C53H83NO14.